The summed E-state index contributed by atoms with van der Waals surface area (Å²) in [6.07, 6.45) is 2.85. The van der Waals surface area contributed by atoms with E-state index in [0.29, 0.717) is 5.82 Å². The lowest BCUT2D eigenvalue weighted by Gasteiger charge is -2.12. The van der Waals surface area contributed by atoms with Crippen LogP contribution in [0.4, 0.5) is 10.2 Å². The van der Waals surface area contributed by atoms with E-state index in [1.54, 1.807) is 4.68 Å². The number of carbonyl (C=O) groups excluding carboxylic acids is 1. The number of anilines is 1. The number of rotatable bonds is 3. The van der Waals surface area contributed by atoms with E-state index >= 15 is 0 Å². The van der Waals surface area contributed by atoms with E-state index in [9.17, 15) is 9.18 Å². The first-order valence-electron chi connectivity index (χ1n) is 5.76. The fourth-order valence-electron chi connectivity index (χ4n) is 2.09. The normalized spacial score (nSPS) is 13.9. The second kappa shape index (κ2) is 4.31. The van der Waals surface area contributed by atoms with Gasteiger partial charge in [0, 0.05) is 11.6 Å². The molecule has 0 saturated carbocycles. The molecule has 1 aliphatic rings. The lowest BCUT2D eigenvalue weighted by atomic mass is 10.2. The molecule has 1 aromatic heterocycles. The van der Waals surface area contributed by atoms with E-state index in [1.807, 2.05) is 13.8 Å². The summed E-state index contributed by atoms with van der Waals surface area (Å²) in [6.45, 7) is 6.94. The number of aromatic nitrogens is 2. The maximum Gasteiger partial charge on any atom is 0.284 e. The Morgan fingerprint density at radius 1 is 1.53 bits per heavy atom. The number of nitrogens with zero attached hydrogens (tertiary/aromatic N) is 2. The van der Waals surface area contributed by atoms with Crippen molar-refractivity contribution in [2.45, 2.75) is 39.2 Å². The van der Waals surface area contributed by atoms with Crippen molar-refractivity contribution >= 4 is 11.7 Å². The molecule has 0 aromatic carbocycles. The van der Waals surface area contributed by atoms with Crippen LogP contribution < -0.4 is 5.32 Å². The summed E-state index contributed by atoms with van der Waals surface area (Å²) in [7, 11) is 0. The van der Waals surface area contributed by atoms with Crippen molar-refractivity contribution in [2.75, 3.05) is 5.32 Å². The van der Waals surface area contributed by atoms with E-state index in [0.717, 1.165) is 30.5 Å². The van der Waals surface area contributed by atoms with Crippen LogP contribution in [0, 0.1) is 0 Å². The first-order chi connectivity index (χ1) is 8.00. The van der Waals surface area contributed by atoms with Crippen molar-refractivity contribution in [3.8, 4) is 0 Å². The highest BCUT2D eigenvalue weighted by Gasteiger charge is 2.24. The topological polar surface area (TPSA) is 46.9 Å². The number of hydrogen-bond acceptors (Lipinski definition) is 2. The maximum absolute atomic E-state index is 12.7. The van der Waals surface area contributed by atoms with Gasteiger partial charge in [-0.15, -0.1) is 0 Å². The lowest BCUT2D eigenvalue weighted by molar-refractivity contribution is -0.114. The summed E-state index contributed by atoms with van der Waals surface area (Å²) in [4.78, 5) is 11.4. The predicted molar refractivity (Wildman–Crippen MR) is 63.5 cm³/mol. The monoisotopic (exact) mass is 237 g/mol. The SMILES string of the molecule is C=C(F)C(=O)Nc1c2c(nn1C(C)C)CCC2. The summed E-state index contributed by atoms with van der Waals surface area (Å²) in [5.74, 6) is -1.15. The molecule has 0 radical (unpaired) electrons. The second-order valence-corrected chi connectivity index (χ2v) is 4.52. The minimum atomic E-state index is -0.978. The summed E-state index contributed by atoms with van der Waals surface area (Å²) < 4.78 is 14.5. The highest BCUT2D eigenvalue weighted by molar-refractivity contribution is 6.01. The number of halogens is 1. The Morgan fingerprint density at radius 2 is 2.24 bits per heavy atom. The summed E-state index contributed by atoms with van der Waals surface area (Å²) in [5.41, 5.74) is 2.05. The van der Waals surface area contributed by atoms with Crippen molar-refractivity contribution in [3.63, 3.8) is 0 Å². The highest BCUT2D eigenvalue weighted by atomic mass is 19.1. The number of nitrogens with one attached hydrogen (secondary N) is 1. The van der Waals surface area contributed by atoms with Gasteiger partial charge in [0.1, 0.15) is 5.82 Å². The Balaban J connectivity index is 2.37. The van der Waals surface area contributed by atoms with Crippen LogP contribution in [-0.2, 0) is 17.6 Å². The molecular formula is C12H16FN3O. The predicted octanol–water partition coefficient (Wildman–Crippen LogP) is 2.37. The minimum absolute atomic E-state index is 0.128. The van der Waals surface area contributed by atoms with E-state index in [4.69, 9.17) is 0 Å². The van der Waals surface area contributed by atoms with Gasteiger partial charge in [-0.3, -0.25) is 4.79 Å². The van der Waals surface area contributed by atoms with Gasteiger partial charge < -0.3 is 5.32 Å². The fraction of sp³-hybridized carbons (Fsp3) is 0.500. The van der Waals surface area contributed by atoms with E-state index in [2.05, 4.69) is 17.0 Å². The highest BCUT2D eigenvalue weighted by Crippen LogP contribution is 2.30. The quantitative estimate of drug-likeness (QED) is 0.820. The average Bonchev–Trinajstić information content (AvgIpc) is 2.79. The third-order valence-corrected chi connectivity index (χ3v) is 2.90. The van der Waals surface area contributed by atoms with Gasteiger partial charge in [-0.25, -0.2) is 9.07 Å². The molecule has 1 aromatic rings. The second-order valence-electron chi connectivity index (χ2n) is 4.52. The molecule has 5 heteroatoms. The smallest absolute Gasteiger partial charge is 0.284 e. The summed E-state index contributed by atoms with van der Waals surface area (Å²) >= 11 is 0. The minimum Gasteiger partial charge on any atom is -0.305 e. The van der Waals surface area contributed by atoms with Gasteiger partial charge >= 0.3 is 0 Å². The zero-order chi connectivity index (χ0) is 12.6. The van der Waals surface area contributed by atoms with Crippen molar-refractivity contribution in [2.24, 2.45) is 0 Å². The molecule has 1 N–H and O–H groups in total. The van der Waals surface area contributed by atoms with Crippen molar-refractivity contribution in [1.29, 1.82) is 0 Å². The van der Waals surface area contributed by atoms with Gasteiger partial charge in [0.05, 0.1) is 5.69 Å². The molecule has 2 rings (SSSR count). The molecule has 4 nitrogen and oxygen atoms in total. The van der Waals surface area contributed by atoms with E-state index in [-0.39, 0.29) is 6.04 Å². The van der Waals surface area contributed by atoms with Crippen LogP contribution in [-0.4, -0.2) is 15.7 Å². The Hall–Kier alpha value is -1.65. The molecule has 0 unspecified atom stereocenters. The van der Waals surface area contributed by atoms with Crippen LogP contribution in [0.15, 0.2) is 12.4 Å². The Bertz CT molecular complexity index is 476. The van der Waals surface area contributed by atoms with Gasteiger partial charge in [-0.2, -0.15) is 5.10 Å². The molecule has 1 heterocycles. The number of fused-ring (bicyclic) bond motifs is 1. The van der Waals surface area contributed by atoms with E-state index in [1.165, 1.54) is 0 Å². The van der Waals surface area contributed by atoms with Crippen LogP contribution in [0.2, 0.25) is 0 Å². The Labute approximate surface area is 99.5 Å². The van der Waals surface area contributed by atoms with Crippen LogP contribution in [0.25, 0.3) is 0 Å². The first-order valence-corrected chi connectivity index (χ1v) is 5.76. The van der Waals surface area contributed by atoms with Gasteiger partial charge in [0.15, 0.2) is 5.83 Å². The van der Waals surface area contributed by atoms with Crippen molar-refractivity contribution in [3.05, 3.63) is 23.7 Å². The molecule has 0 fully saturated rings. The largest absolute Gasteiger partial charge is 0.305 e. The number of aryl methyl sites for hydroxylation is 1. The van der Waals surface area contributed by atoms with Crippen LogP contribution in [0.1, 0.15) is 37.6 Å². The molecular weight excluding hydrogens is 221 g/mol. The molecule has 0 aliphatic heterocycles. The van der Waals surface area contributed by atoms with Gasteiger partial charge in [0.25, 0.3) is 5.91 Å². The van der Waals surface area contributed by atoms with E-state index < -0.39 is 11.7 Å². The fourth-order valence-corrected chi connectivity index (χ4v) is 2.09. The zero-order valence-electron chi connectivity index (χ0n) is 10.1. The third-order valence-electron chi connectivity index (χ3n) is 2.90. The molecule has 1 aliphatic carbocycles. The summed E-state index contributed by atoms with van der Waals surface area (Å²) in [5, 5.41) is 7.01. The lowest BCUT2D eigenvalue weighted by Crippen LogP contribution is -2.17. The Morgan fingerprint density at radius 3 is 2.82 bits per heavy atom. The molecule has 0 spiro atoms. The molecule has 0 atom stereocenters. The van der Waals surface area contributed by atoms with Crippen LogP contribution >= 0.6 is 0 Å². The van der Waals surface area contributed by atoms with Gasteiger partial charge in [-0.1, -0.05) is 6.58 Å². The van der Waals surface area contributed by atoms with Crippen molar-refractivity contribution in [1.82, 2.24) is 9.78 Å². The van der Waals surface area contributed by atoms with Gasteiger partial charge in [-0.05, 0) is 33.1 Å². The van der Waals surface area contributed by atoms with Crippen molar-refractivity contribution < 1.29 is 9.18 Å². The third kappa shape index (κ3) is 2.09. The summed E-state index contributed by atoms with van der Waals surface area (Å²) in [6, 6.07) is 0.128. The van der Waals surface area contributed by atoms with Gasteiger partial charge in [0.2, 0.25) is 0 Å². The molecule has 17 heavy (non-hydrogen) atoms. The van der Waals surface area contributed by atoms with Crippen LogP contribution in [0.3, 0.4) is 0 Å². The molecule has 92 valence electrons. The molecule has 1 amide bonds. The standard InChI is InChI=1S/C12H16FN3O/c1-7(2)16-11(14-12(17)8(3)13)9-5-4-6-10(9)15-16/h7H,3-6H2,1-2H3,(H,14,17). The first kappa shape index (κ1) is 11.8. The average molecular weight is 237 g/mol. The zero-order valence-corrected chi connectivity index (χ0v) is 10.1. The number of hydrogen-bond donors (Lipinski definition) is 1. The molecule has 0 saturated heterocycles. The number of carbonyl (C=O) groups is 1. The Kier molecular flexibility index (Phi) is 3.00. The number of amides is 1. The maximum atomic E-state index is 12.7. The molecule has 0 bridgehead atoms. The van der Waals surface area contributed by atoms with Crippen LogP contribution in [0.5, 0.6) is 0 Å².